The average molecular weight is 281 g/mol. The zero-order valence-corrected chi connectivity index (χ0v) is 13.0. The molecule has 106 valence electrons. The third-order valence-corrected chi connectivity index (χ3v) is 4.14. The lowest BCUT2D eigenvalue weighted by Gasteiger charge is -2.21. The van der Waals surface area contributed by atoms with E-state index in [9.17, 15) is 0 Å². The molecule has 2 rings (SSSR count). The lowest BCUT2D eigenvalue weighted by molar-refractivity contribution is 0.375. The summed E-state index contributed by atoms with van der Waals surface area (Å²) in [6.07, 6.45) is 2.96. The monoisotopic (exact) mass is 281 g/mol. The molecule has 1 aliphatic rings. The number of nitrogens with one attached hydrogen (secondary N) is 1. The van der Waals surface area contributed by atoms with Crippen molar-refractivity contribution in [1.29, 1.82) is 0 Å². The number of rotatable bonds is 4. The maximum Gasteiger partial charge on any atom is 0.157 e. The zero-order chi connectivity index (χ0) is 13.9. The highest BCUT2D eigenvalue weighted by Crippen LogP contribution is 2.31. The lowest BCUT2D eigenvalue weighted by atomic mass is 9.90. The van der Waals surface area contributed by atoms with Crippen LogP contribution in [-0.4, -0.2) is 31.7 Å². The Morgan fingerprint density at radius 1 is 1.47 bits per heavy atom. The Labute approximate surface area is 119 Å². The third kappa shape index (κ3) is 4.23. The Morgan fingerprint density at radius 2 is 2.26 bits per heavy atom. The molecular weight excluding hydrogens is 258 g/mol. The first-order valence-corrected chi connectivity index (χ1v) is 7.67. The molecule has 0 aromatic carbocycles. The highest BCUT2D eigenvalue weighted by molar-refractivity contribution is 8.14. The molecule has 1 aromatic rings. The Morgan fingerprint density at radius 3 is 2.95 bits per heavy atom. The van der Waals surface area contributed by atoms with Crippen LogP contribution in [0, 0.1) is 5.41 Å². The summed E-state index contributed by atoms with van der Waals surface area (Å²) in [6.45, 7) is 11.4. The van der Waals surface area contributed by atoms with Gasteiger partial charge < -0.3 is 9.88 Å². The van der Waals surface area contributed by atoms with Crippen LogP contribution in [0.3, 0.4) is 0 Å². The van der Waals surface area contributed by atoms with Crippen molar-refractivity contribution < 1.29 is 0 Å². The number of aliphatic imine (C=N–C) groups is 1. The minimum Gasteiger partial charge on any atom is -0.358 e. The number of amidine groups is 1. The summed E-state index contributed by atoms with van der Waals surface area (Å²) in [5.41, 5.74) is 0.366. The van der Waals surface area contributed by atoms with Crippen LogP contribution in [0.25, 0.3) is 0 Å². The van der Waals surface area contributed by atoms with Crippen molar-refractivity contribution in [1.82, 2.24) is 20.1 Å². The average Bonchev–Trinajstić information content (AvgIpc) is 2.92. The van der Waals surface area contributed by atoms with Gasteiger partial charge in [-0.1, -0.05) is 32.5 Å². The molecule has 1 aromatic heterocycles. The van der Waals surface area contributed by atoms with Crippen LogP contribution in [0.4, 0.5) is 0 Å². The fourth-order valence-electron chi connectivity index (χ4n) is 2.14. The molecule has 19 heavy (non-hydrogen) atoms. The van der Waals surface area contributed by atoms with Crippen molar-refractivity contribution in [3.63, 3.8) is 0 Å². The van der Waals surface area contributed by atoms with E-state index >= 15 is 0 Å². The molecule has 2 heterocycles. The van der Waals surface area contributed by atoms with Gasteiger partial charge in [0.15, 0.2) is 11.0 Å². The van der Waals surface area contributed by atoms with Gasteiger partial charge in [-0.2, -0.15) is 0 Å². The Kier molecular flexibility index (Phi) is 4.50. The Bertz CT molecular complexity index is 446. The van der Waals surface area contributed by atoms with Crippen molar-refractivity contribution >= 4 is 16.9 Å². The van der Waals surface area contributed by atoms with Crippen molar-refractivity contribution in [2.45, 2.75) is 52.5 Å². The highest BCUT2D eigenvalue weighted by atomic mass is 32.2. The smallest absolute Gasteiger partial charge is 0.157 e. The molecule has 1 atom stereocenters. The summed E-state index contributed by atoms with van der Waals surface area (Å²) in [6, 6.07) is 0. The molecule has 1 unspecified atom stereocenters. The van der Waals surface area contributed by atoms with Crippen LogP contribution >= 0.6 is 11.8 Å². The molecular formula is C13H23N5S. The predicted octanol–water partition coefficient (Wildman–Crippen LogP) is 2.30. The highest BCUT2D eigenvalue weighted by Gasteiger charge is 2.24. The van der Waals surface area contributed by atoms with E-state index in [4.69, 9.17) is 0 Å². The van der Waals surface area contributed by atoms with Gasteiger partial charge in [0.25, 0.3) is 0 Å². The Balaban J connectivity index is 1.79. The van der Waals surface area contributed by atoms with Crippen LogP contribution in [0.5, 0.6) is 0 Å². The molecule has 1 N–H and O–H groups in total. The van der Waals surface area contributed by atoms with Crippen molar-refractivity contribution in [2.24, 2.45) is 10.4 Å². The second-order valence-electron chi connectivity index (χ2n) is 6.04. The van der Waals surface area contributed by atoms with E-state index in [2.05, 4.69) is 48.2 Å². The summed E-state index contributed by atoms with van der Waals surface area (Å²) in [5, 5.41) is 13.0. The van der Waals surface area contributed by atoms with E-state index in [1.807, 2.05) is 16.3 Å². The normalized spacial score (nSPS) is 19.6. The van der Waals surface area contributed by atoms with Crippen LogP contribution < -0.4 is 5.32 Å². The van der Waals surface area contributed by atoms with E-state index in [1.165, 1.54) is 6.42 Å². The molecule has 0 radical (unpaired) electrons. The van der Waals surface area contributed by atoms with E-state index in [0.29, 0.717) is 17.2 Å². The second kappa shape index (κ2) is 5.94. The number of aromatic nitrogens is 3. The molecule has 0 saturated heterocycles. The number of aryl methyl sites for hydroxylation is 1. The fraction of sp³-hybridized carbons (Fsp3) is 0.769. The first-order chi connectivity index (χ1) is 8.98. The number of thioether (sulfide) groups is 1. The summed E-state index contributed by atoms with van der Waals surface area (Å²) in [7, 11) is 0. The third-order valence-electron chi connectivity index (χ3n) is 2.99. The quantitative estimate of drug-likeness (QED) is 0.920. The van der Waals surface area contributed by atoms with E-state index in [0.717, 1.165) is 24.1 Å². The van der Waals surface area contributed by atoms with Gasteiger partial charge in [-0.15, -0.1) is 10.2 Å². The van der Waals surface area contributed by atoms with Gasteiger partial charge in [0.1, 0.15) is 6.33 Å². The van der Waals surface area contributed by atoms with E-state index < -0.39 is 0 Å². The van der Waals surface area contributed by atoms with Crippen LogP contribution in [-0.2, 0) is 13.1 Å². The van der Waals surface area contributed by atoms with Gasteiger partial charge in [-0.05, 0) is 18.8 Å². The maximum absolute atomic E-state index is 4.57. The summed E-state index contributed by atoms with van der Waals surface area (Å²) in [5.74, 6) is 0.963. The van der Waals surface area contributed by atoms with Gasteiger partial charge in [-0.3, -0.25) is 4.99 Å². The molecule has 0 aliphatic carbocycles. The summed E-state index contributed by atoms with van der Waals surface area (Å²) >= 11 is 1.85. The van der Waals surface area contributed by atoms with Crippen LogP contribution in [0.2, 0.25) is 0 Å². The first-order valence-electron chi connectivity index (χ1n) is 6.79. The van der Waals surface area contributed by atoms with E-state index in [-0.39, 0.29) is 0 Å². The number of nitrogens with zero attached hydrogens (tertiary/aromatic N) is 4. The van der Waals surface area contributed by atoms with E-state index in [1.54, 1.807) is 6.33 Å². The van der Waals surface area contributed by atoms with Crippen molar-refractivity contribution in [2.75, 3.05) is 6.54 Å². The topological polar surface area (TPSA) is 55.1 Å². The van der Waals surface area contributed by atoms with Crippen molar-refractivity contribution in [3.8, 4) is 0 Å². The second-order valence-corrected chi connectivity index (χ2v) is 7.33. The molecule has 1 aliphatic heterocycles. The summed E-state index contributed by atoms with van der Waals surface area (Å²) in [4.78, 5) is 4.57. The minimum atomic E-state index is 0.366. The first kappa shape index (κ1) is 14.4. The molecule has 0 amide bonds. The maximum atomic E-state index is 4.57. The van der Waals surface area contributed by atoms with Gasteiger partial charge in [0, 0.05) is 11.8 Å². The summed E-state index contributed by atoms with van der Waals surface area (Å²) < 4.78 is 2.04. The molecule has 0 bridgehead atoms. The predicted molar refractivity (Wildman–Crippen MR) is 80.3 cm³/mol. The molecule has 0 spiro atoms. The van der Waals surface area contributed by atoms with Gasteiger partial charge >= 0.3 is 0 Å². The van der Waals surface area contributed by atoms with Crippen LogP contribution in [0.15, 0.2) is 11.3 Å². The Hall–Kier alpha value is -1.04. The molecule has 5 nitrogen and oxygen atoms in total. The molecule has 6 heteroatoms. The lowest BCUT2D eigenvalue weighted by Crippen LogP contribution is -2.22. The molecule has 0 saturated carbocycles. The number of hydrogen-bond donors (Lipinski definition) is 1. The zero-order valence-electron chi connectivity index (χ0n) is 12.2. The largest absolute Gasteiger partial charge is 0.358 e. The molecule has 0 fully saturated rings. The van der Waals surface area contributed by atoms with Gasteiger partial charge in [0.2, 0.25) is 0 Å². The SMILES string of the molecule is CCn1cnnc1CNC1=NCC(CC(C)(C)C)S1. The van der Waals surface area contributed by atoms with Gasteiger partial charge in [0.05, 0.1) is 13.1 Å². The fourth-order valence-corrected chi connectivity index (χ4v) is 3.49. The van der Waals surface area contributed by atoms with Crippen molar-refractivity contribution in [3.05, 3.63) is 12.2 Å². The standard InChI is InChI=1S/C13H23N5S/c1-5-18-9-16-17-11(18)8-15-12-14-7-10(19-12)6-13(2,3)4/h9-10H,5-8H2,1-4H3,(H,14,15). The van der Waals surface area contributed by atoms with Crippen LogP contribution in [0.1, 0.15) is 39.9 Å². The van der Waals surface area contributed by atoms with Gasteiger partial charge in [-0.25, -0.2) is 0 Å². The number of hydrogen-bond acceptors (Lipinski definition) is 5. The minimum absolute atomic E-state index is 0.366.